The molecule has 0 bridgehead atoms. The van der Waals surface area contributed by atoms with Gasteiger partial charge in [0.05, 0.1) is 24.2 Å². The minimum absolute atomic E-state index is 0.112. The molecule has 1 aliphatic heterocycles. The molecule has 1 aliphatic rings. The van der Waals surface area contributed by atoms with Crippen molar-refractivity contribution in [3.05, 3.63) is 17.5 Å². The molecule has 0 amide bonds. The molecule has 1 saturated heterocycles. The number of hydrogen-bond acceptors (Lipinski definition) is 5. The summed E-state index contributed by atoms with van der Waals surface area (Å²) >= 11 is 0. The zero-order valence-corrected chi connectivity index (χ0v) is 13.0. The normalized spacial score (nSPS) is 18.7. The number of sulfonamides is 1. The number of carbonyl (C=O) groups excluding carboxylic acids is 1. The highest BCUT2D eigenvalue weighted by atomic mass is 32.2. The summed E-state index contributed by atoms with van der Waals surface area (Å²) in [5.41, 5.74) is 0.986. The highest BCUT2D eigenvalue weighted by Crippen LogP contribution is 2.23. The molecule has 0 spiro atoms. The fourth-order valence-corrected chi connectivity index (χ4v) is 3.64. The number of hydrogen-bond donors (Lipinski definition) is 2. The first kappa shape index (κ1) is 15.8. The Morgan fingerprint density at radius 2 is 2.33 bits per heavy atom. The zero-order chi connectivity index (χ0) is 15.5. The summed E-state index contributed by atoms with van der Waals surface area (Å²) in [7, 11) is -3.58. The molecule has 2 heterocycles. The average Bonchev–Trinajstić information content (AvgIpc) is 2.99. The lowest BCUT2D eigenvalue weighted by Crippen LogP contribution is -2.26. The minimum Gasteiger partial charge on any atom is -0.462 e. The molecular weight excluding hydrogens is 296 g/mol. The lowest BCUT2D eigenvalue weighted by Gasteiger charge is -2.12. The highest BCUT2D eigenvalue weighted by Gasteiger charge is 2.26. The van der Waals surface area contributed by atoms with Crippen LogP contribution in [0.3, 0.4) is 0 Å². The van der Waals surface area contributed by atoms with Crippen molar-refractivity contribution in [1.29, 1.82) is 0 Å². The second-order valence-electron chi connectivity index (χ2n) is 4.94. The van der Waals surface area contributed by atoms with Crippen molar-refractivity contribution < 1.29 is 22.7 Å². The SMILES string of the molecule is CCOC(=O)c1c(NS(=O)(=O)CC2CCCO2)c[nH]c1C. The topological polar surface area (TPSA) is 97.5 Å². The van der Waals surface area contributed by atoms with Crippen molar-refractivity contribution in [2.45, 2.75) is 32.8 Å². The number of esters is 1. The molecule has 2 N–H and O–H groups in total. The summed E-state index contributed by atoms with van der Waals surface area (Å²) in [4.78, 5) is 14.7. The first-order chi connectivity index (χ1) is 9.93. The smallest absolute Gasteiger partial charge is 0.342 e. The van der Waals surface area contributed by atoms with Gasteiger partial charge in [-0.25, -0.2) is 13.2 Å². The van der Waals surface area contributed by atoms with Crippen LogP contribution in [0.4, 0.5) is 5.69 Å². The van der Waals surface area contributed by atoms with Crippen molar-refractivity contribution in [3.63, 3.8) is 0 Å². The van der Waals surface area contributed by atoms with Crippen molar-refractivity contribution in [2.75, 3.05) is 23.7 Å². The van der Waals surface area contributed by atoms with Gasteiger partial charge in [0.15, 0.2) is 0 Å². The highest BCUT2D eigenvalue weighted by molar-refractivity contribution is 7.92. The van der Waals surface area contributed by atoms with Gasteiger partial charge in [-0.05, 0) is 26.7 Å². The van der Waals surface area contributed by atoms with Gasteiger partial charge in [-0.3, -0.25) is 4.72 Å². The van der Waals surface area contributed by atoms with Crippen LogP contribution in [-0.4, -0.2) is 44.4 Å². The second kappa shape index (κ2) is 6.48. The van der Waals surface area contributed by atoms with Crippen LogP contribution in [0, 0.1) is 6.92 Å². The van der Waals surface area contributed by atoms with E-state index in [9.17, 15) is 13.2 Å². The van der Waals surface area contributed by atoms with E-state index in [1.165, 1.54) is 6.20 Å². The summed E-state index contributed by atoms with van der Waals surface area (Å²) in [6.45, 7) is 4.20. The molecule has 118 valence electrons. The molecule has 0 saturated carbocycles. The van der Waals surface area contributed by atoms with E-state index in [2.05, 4.69) is 9.71 Å². The molecule has 8 heteroatoms. The maximum absolute atomic E-state index is 12.1. The maximum Gasteiger partial charge on any atom is 0.342 e. The monoisotopic (exact) mass is 316 g/mol. The molecule has 0 radical (unpaired) electrons. The van der Waals surface area contributed by atoms with Gasteiger partial charge in [0.1, 0.15) is 5.56 Å². The van der Waals surface area contributed by atoms with E-state index in [-0.39, 0.29) is 29.7 Å². The Kier molecular flexibility index (Phi) is 4.89. The van der Waals surface area contributed by atoms with Crippen LogP contribution in [0.5, 0.6) is 0 Å². The van der Waals surface area contributed by atoms with Crippen LogP contribution in [0.1, 0.15) is 35.8 Å². The largest absolute Gasteiger partial charge is 0.462 e. The molecule has 1 aromatic rings. The predicted molar refractivity (Wildman–Crippen MR) is 77.9 cm³/mol. The Labute approximate surface area is 124 Å². The molecule has 0 aromatic carbocycles. The molecule has 2 rings (SSSR count). The second-order valence-corrected chi connectivity index (χ2v) is 6.71. The standard InChI is InChI=1S/C13H20N2O5S/c1-3-19-13(16)12-9(2)14-7-11(12)15-21(17,18)8-10-5-4-6-20-10/h7,10,14-15H,3-6,8H2,1-2H3. The van der Waals surface area contributed by atoms with E-state index >= 15 is 0 Å². The van der Waals surface area contributed by atoms with Crippen LogP contribution < -0.4 is 4.72 Å². The lowest BCUT2D eigenvalue weighted by atomic mass is 10.2. The van der Waals surface area contributed by atoms with Gasteiger partial charge in [-0.1, -0.05) is 0 Å². The Bertz CT molecular complexity index is 602. The average molecular weight is 316 g/mol. The van der Waals surface area contributed by atoms with E-state index in [1.807, 2.05) is 0 Å². The third-order valence-electron chi connectivity index (χ3n) is 3.25. The zero-order valence-electron chi connectivity index (χ0n) is 12.1. The van der Waals surface area contributed by atoms with Crippen LogP contribution >= 0.6 is 0 Å². The minimum atomic E-state index is -3.58. The third kappa shape index (κ3) is 3.98. The van der Waals surface area contributed by atoms with Gasteiger partial charge in [-0.15, -0.1) is 0 Å². The van der Waals surface area contributed by atoms with Gasteiger partial charge in [0.2, 0.25) is 10.0 Å². The van der Waals surface area contributed by atoms with Crippen LogP contribution in [-0.2, 0) is 19.5 Å². The number of aromatic amines is 1. The van der Waals surface area contributed by atoms with Crippen LogP contribution in [0.25, 0.3) is 0 Å². The van der Waals surface area contributed by atoms with Gasteiger partial charge in [-0.2, -0.15) is 0 Å². The molecule has 1 aromatic heterocycles. The van der Waals surface area contributed by atoms with E-state index in [1.54, 1.807) is 13.8 Å². The molecule has 1 unspecified atom stereocenters. The van der Waals surface area contributed by atoms with E-state index in [0.29, 0.717) is 12.3 Å². The Morgan fingerprint density at radius 1 is 1.57 bits per heavy atom. The van der Waals surface area contributed by atoms with Crippen LogP contribution in [0.15, 0.2) is 6.20 Å². The van der Waals surface area contributed by atoms with Crippen molar-refractivity contribution in [2.24, 2.45) is 0 Å². The Hall–Kier alpha value is -1.54. The number of ether oxygens (including phenoxy) is 2. The summed E-state index contributed by atoms with van der Waals surface area (Å²) in [5, 5.41) is 0. The molecule has 21 heavy (non-hydrogen) atoms. The Morgan fingerprint density at radius 3 is 2.95 bits per heavy atom. The van der Waals surface area contributed by atoms with Gasteiger partial charge >= 0.3 is 5.97 Å². The van der Waals surface area contributed by atoms with Crippen molar-refractivity contribution >= 4 is 21.7 Å². The summed E-state index contributed by atoms with van der Waals surface area (Å²) in [5.74, 6) is -0.662. The van der Waals surface area contributed by atoms with Gasteiger partial charge in [0, 0.05) is 18.5 Å². The Balaban J connectivity index is 2.13. The molecule has 1 atom stereocenters. The number of carbonyl (C=O) groups is 1. The van der Waals surface area contributed by atoms with Gasteiger partial charge < -0.3 is 14.5 Å². The number of anilines is 1. The summed E-state index contributed by atoms with van der Waals surface area (Å²) < 4.78 is 37.0. The quantitative estimate of drug-likeness (QED) is 0.774. The molecule has 7 nitrogen and oxygen atoms in total. The summed E-state index contributed by atoms with van der Waals surface area (Å²) in [6.07, 6.45) is 2.78. The van der Waals surface area contributed by atoms with Crippen LogP contribution in [0.2, 0.25) is 0 Å². The van der Waals surface area contributed by atoms with Crippen molar-refractivity contribution in [1.82, 2.24) is 4.98 Å². The van der Waals surface area contributed by atoms with E-state index in [4.69, 9.17) is 9.47 Å². The number of aromatic nitrogens is 1. The van der Waals surface area contributed by atoms with Crippen molar-refractivity contribution in [3.8, 4) is 0 Å². The first-order valence-electron chi connectivity index (χ1n) is 6.90. The molecular formula is C13H20N2O5S. The van der Waals surface area contributed by atoms with E-state index < -0.39 is 16.0 Å². The molecule has 0 aliphatic carbocycles. The predicted octanol–water partition coefficient (Wildman–Crippen LogP) is 1.42. The molecule has 1 fully saturated rings. The maximum atomic E-state index is 12.1. The van der Waals surface area contributed by atoms with E-state index in [0.717, 1.165) is 12.8 Å². The summed E-state index contributed by atoms with van der Waals surface area (Å²) in [6, 6.07) is 0. The third-order valence-corrected chi connectivity index (χ3v) is 4.59. The fraction of sp³-hybridized carbons (Fsp3) is 0.615. The lowest BCUT2D eigenvalue weighted by molar-refractivity contribution is 0.0527. The van der Waals surface area contributed by atoms with Gasteiger partial charge in [0.25, 0.3) is 0 Å². The fourth-order valence-electron chi connectivity index (χ4n) is 2.30. The number of aryl methyl sites for hydroxylation is 1. The number of nitrogens with one attached hydrogen (secondary N) is 2. The number of rotatable bonds is 6. The first-order valence-corrected chi connectivity index (χ1v) is 8.55. The number of H-pyrrole nitrogens is 1.